The lowest BCUT2D eigenvalue weighted by atomic mass is 10.2. The number of pyridine rings is 1. The third kappa shape index (κ3) is 3.48. The fourth-order valence-electron chi connectivity index (χ4n) is 2.63. The molecule has 27 heavy (non-hydrogen) atoms. The minimum atomic E-state index is -0.296. The number of hydrogen-bond acceptors (Lipinski definition) is 4. The molecule has 130 valence electrons. The molecule has 0 atom stereocenters. The second-order valence-corrected chi connectivity index (χ2v) is 5.80. The number of hydrogen-bond donors (Lipinski definition) is 2. The standard InChI is InChI=1S/C21H14N4O2/c22-13-15-3-1-2-4-19(15)27-17-8-6-16(7-9-17)24-21(26)18-10-5-14-11-12-23-20(14)25-18/h1-12H,(H,23,25)(H,24,26). The Bertz CT molecular complexity index is 1160. The van der Waals surface area contributed by atoms with Crippen LogP contribution >= 0.6 is 0 Å². The molecule has 0 saturated heterocycles. The van der Waals surface area contributed by atoms with Crippen LogP contribution in [0.25, 0.3) is 11.0 Å². The van der Waals surface area contributed by atoms with E-state index in [0.717, 1.165) is 5.39 Å². The van der Waals surface area contributed by atoms with Crippen molar-refractivity contribution in [1.29, 1.82) is 5.26 Å². The second-order valence-electron chi connectivity index (χ2n) is 5.80. The van der Waals surface area contributed by atoms with E-state index in [4.69, 9.17) is 10.00 Å². The fourth-order valence-corrected chi connectivity index (χ4v) is 2.63. The second kappa shape index (κ2) is 7.02. The number of nitrogens with zero attached hydrogens (tertiary/aromatic N) is 2. The average molecular weight is 354 g/mol. The molecule has 0 bridgehead atoms. The molecule has 0 spiro atoms. The molecular weight excluding hydrogens is 340 g/mol. The number of aromatic nitrogens is 2. The van der Waals surface area contributed by atoms with E-state index in [1.807, 2.05) is 12.1 Å². The average Bonchev–Trinajstić information content (AvgIpc) is 3.17. The third-order valence-corrected chi connectivity index (χ3v) is 3.99. The molecule has 4 rings (SSSR count). The van der Waals surface area contributed by atoms with Gasteiger partial charge in [0.15, 0.2) is 0 Å². The summed E-state index contributed by atoms with van der Waals surface area (Å²) < 4.78 is 5.73. The van der Waals surface area contributed by atoms with Crippen molar-refractivity contribution in [3.8, 4) is 17.6 Å². The van der Waals surface area contributed by atoms with Crippen LogP contribution < -0.4 is 10.1 Å². The molecular formula is C21H14N4O2. The summed E-state index contributed by atoms with van der Waals surface area (Å²) in [5, 5.41) is 12.9. The lowest BCUT2D eigenvalue weighted by molar-refractivity contribution is 0.102. The van der Waals surface area contributed by atoms with Crippen molar-refractivity contribution in [3.63, 3.8) is 0 Å². The van der Waals surface area contributed by atoms with Gasteiger partial charge in [-0.3, -0.25) is 4.79 Å². The van der Waals surface area contributed by atoms with Crippen molar-refractivity contribution in [2.45, 2.75) is 0 Å². The first-order valence-electron chi connectivity index (χ1n) is 8.25. The van der Waals surface area contributed by atoms with Crippen LogP contribution in [0.3, 0.4) is 0 Å². The van der Waals surface area contributed by atoms with Gasteiger partial charge in [0.1, 0.15) is 28.9 Å². The van der Waals surface area contributed by atoms with Gasteiger partial charge < -0.3 is 15.0 Å². The van der Waals surface area contributed by atoms with Crippen LogP contribution in [-0.2, 0) is 0 Å². The van der Waals surface area contributed by atoms with Crippen LogP contribution in [0.15, 0.2) is 72.9 Å². The molecule has 0 fully saturated rings. The highest BCUT2D eigenvalue weighted by atomic mass is 16.5. The Morgan fingerprint density at radius 1 is 1.04 bits per heavy atom. The van der Waals surface area contributed by atoms with E-state index < -0.39 is 0 Å². The minimum Gasteiger partial charge on any atom is -0.456 e. The number of benzene rings is 2. The van der Waals surface area contributed by atoms with E-state index in [2.05, 4.69) is 21.4 Å². The Balaban J connectivity index is 1.47. The topological polar surface area (TPSA) is 90.8 Å². The van der Waals surface area contributed by atoms with Gasteiger partial charge in [-0.2, -0.15) is 5.26 Å². The summed E-state index contributed by atoms with van der Waals surface area (Å²) in [6, 6.07) is 21.4. The Hall–Kier alpha value is -4.11. The molecule has 4 aromatic rings. The number of nitriles is 1. The lowest BCUT2D eigenvalue weighted by Gasteiger charge is -2.09. The summed E-state index contributed by atoms with van der Waals surface area (Å²) in [6.45, 7) is 0. The molecule has 6 nitrogen and oxygen atoms in total. The van der Waals surface area contributed by atoms with Gasteiger partial charge in [0.05, 0.1) is 5.56 Å². The van der Waals surface area contributed by atoms with Crippen LogP contribution in [-0.4, -0.2) is 15.9 Å². The number of nitrogens with one attached hydrogen (secondary N) is 2. The molecule has 0 aliphatic carbocycles. The van der Waals surface area contributed by atoms with Crippen molar-refractivity contribution >= 4 is 22.6 Å². The molecule has 6 heteroatoms. The zero-order valence-electron chi connectivity index (χ0n) is 14.1. The molecule has 0 aliphatic heterocycles. The van der Waals surface area contributed by atoms with E-state index in [9.17, 15) is 4.79 Å². The molecule has 0 radical (unpaired) electrons. The summed E-state index contributed by atoms with van der Waals surface area (Å²) in [4.78, 5) is 19.7. The minimum absolute atomic E-state index is 0.296. The van der Waals surface area contributed by atoms with E-state index in [-0.39, 0.29) is 5.91 Å². The molecule has 0 aliphatic rings. The van der Waals surface area contributed by atoms with Gasteiger partial charge in [-0.1, -0.05) is 12.1 Å². The number of rotatable bonds is 4. The SMILES string of the molecule is N#Cc1ccccc1Oc1ccc(NC(=O)c2ccc3cc[nH]c3n2)cc1. The number of para-hydroxylation sites is 1. The predicted octanol–water partition coefficient (Wildman–Crippen LogP) is 4.48. The van der Waals surface area contributed by atoms with Gasteiger partial charge in [0.2, 0.25) is 0 Å². The number of fused-ring (bicyclic) bond motifs is 1. The number of H-pyrrole nitrogens is 1. The number of amides is 1. The highest BCUT2D eigenvalue weighted by molar-refractivity contribution is 6.03. The van der Waals surface area contributed by atoms with Crippen molar-refractivity contribution in [3.05, 3.63) is 84.2 Å². The summed E-state index contributed by atoms with van der Waals surface area (Å²) in [7, 11) is 0. The number of aromatic amines is 1. The van der Waals surface area contributed by atoms with E-state index in [1.54, 1.807) is 60.8 Å². The van der Waals surface area contributed by atoms with Crippen LogP contribution in [0.5, 0.6) is 11.5 Å². The van der Waals surface area contributed by atoms with Crippen LogP contribution in [0.4, 0.5) is 5.69 Å². The highest BCUT2D eigenvalue weighted by Gasteiger charge is 2.10. The Morgan fingerprint density at radius 2 is 1.85 bits per heavy atom. The smallest absolute Gasteiger partial charge is 0.274 e. The molecule has 0 saturated carbocycles. The van der Waals surface area contributed by atoms with Crippen LogP contribution in [0, 0.1) is 11.3 Å². The Kier molecular flexibility index (Phi) is 4.25. The maximum absolute atomic E-state index is 12.4. The zero-order valence-corrected chi connectivity index (χ0v) is 14.1. The van der Waals surface area contributed by atoms with Gasteiger partial charge in [-0.25, -0.2) is 4.98 Å². The zero-order chi connectivity index (χ0) is 18.6. The summed E-state index contributed by atoms with van der Waals surface area (Å²) >= 11 is 0. The molecule has 2 aromatic heterocycles. The molecule has 2 aromatic carbocycles. The van der Waals surface area contributed by atoms with Crippen LogP contribution in [0.2, 0.25) is 0 Å². The maximum Gasteiger partial charge on any atom is 0.274 e. The number of carbonyl (C=O) groups is 1. The first kappa shape index (κ1) is 16.4. The van der Waals surface area contributed by atoms with E-state index in [0.29, 0.717) is 34.1 Å². The van der Waals surface area contributed by atoms with Gasteiger partial charge >= 0.3 is 0 Å². The molecule has 1 amide bonds. The molecule has 0 unspecified atom stereocenters. The highest BCUT2D eigenvalue weighted by Crippen LogP contribution is 2.26. The largest absolute Gasteiger partial charge is 0.456 e. The first-order chi connectivity index (χ1) is 13.2. The van der Waals surface area contributed by atoms with Gasteiger partial charge in [-0.05, 0) is 54.6 Å². The monoisotopic (exact) mass is 354 g/mol. The third-order valence-electron chi connectivity index (χ3n) is 3.99. The molecule has 2 N–H and O–H groups in total. The number of carbonyl (C=O) groups excluding carboxylic acids is 1. The summed E-state index contributed by atoms with van der Waals surface area (Å²) in [5.41, 5.74) is 2.07. The van der Waals surface area contributed by atoms with E-state index >= 15 is 0 Å². The Morgan fingerprint density at radius 3 is 2.67 bits per heavy atom. The van der Waals surface area contributed by atoms with Crippen molar-refractivity contribution in [1.82, 2.24) is 9.97 Å². The fraction of sp³-hybridized carbons (Fsp3) is 0. The normalized spacial score (nSPS) is 10.3. The molecule has 2 heterocycles. The van der Waals surface area contributed by atoms with Crippen molar-refractivity contribution in [2.75, 3.05) is 5.32 Å². The maximum atomic E-state index is 12.4. The number of anilines is 1. The van der Waals surface area contributed by atoms with Gasteiger partial charge in [-0.15, -0.1) is 0 Å². The summed E-state index contributed by atoms with van der Waals surface area (Å²) in [6.07, 6.45) is 1.78. The van der Waals surface area contributed by atoms with Crippen LogP contribution in [0.1, 0.15) is 16.1 Å². The van der Waals surface area contributed by atoms with Crippen molar-refractivity contribution < 1.29 is 9.53 Å². The van der Waals surface area contributed by atoms with Crippen molar-refractivity contribution in [2.24, 2.45) is 0 Å². The first-order valence-corrected chi connectivity index (χ1v) is 8.25. The summed E-state index contributed by atoms with van der Waals surface area (Å²) in [5.74, 6) is 0.761. The lowest BCUT2D eigenvalue weighted by Crippen LogP contribution is -2.13. The van der Waals surface area contributed by atoms with Gasteiger partial charge in [0, 0.05) is 17.3 Å². The predicted molar refractivity (Wildman–Crippen MR) is 102 cm³/mol. The van der Waals surface area contributed by atoms with E-state index in [1.165, 1.54) is 0 Å². The Labute approximate surface area is 155 Å². The quantitative estimate of drug-likeness (QED) is 0.565. The van der Waals surface area contributed by atoms with Gasteiger partial charge in [0.25, 0.3) is 5.91 Å². The number of ether oxygens (including phenoxy) is 1.